The summed E-state index contributed by atoms with van der Waals surface area (Å²) < 4.78 is 25.8. The zero-order chi connectivity index (χ0) is 24.2. The van der Waals surface area contributed by atoms with Gasteiger partial charge in [-0.15, -0.1) is 11.8 Å². The minimum Gasteiger partial charge on any atom is -0.496 e. The van der Waals surface area contributed by atoms with E-state index in [1.165, 1.54) is 26.0 Å². The Morgan fingerprint density at radius 2 is 1.67 bits per heavy atom. The fraction of sp³-hybridized carbons (Fsp3) is 0.261. The third-order valence-electron chi connectivity index (χ3n) is 4.27. The Kier molecular flexibility index (Phi) is 10.1. The van der Waals surface area contributed by atoms with Crippen molar-refractivity contribution in [2.75, 3.05) is 40.9 Å². The number of ether oxygens (including phenoxy) is 5. The summed E-state index contributed by atoms with van der Waals surface area (Å²) in [7, 11) is 7.42. The van der Waals surface area contributed by atoms with Crippen molar-refractivity contribution in [2.45, 2.75) is 5.75 Å². The number of hydrogen-bond acceptors (Lipinski definition) is 9. The number of benzene rings is 1. The van der Waals surface area contributed by atoms with Gasteiger partial charge >= 0.3 is 5.97 Å². The lowest BCUT2D eigenvalue weighted by molar-refractivity contribution is -0.135. The molecule has 10 heteroatoms. The minimum absolute atomic E-state index is 0.256. The second-order valence-electron chi connectivity index (χ2n) is 6.31. The lowest BCUT2D eigenvalue weighted by Gasteiger charge is -2.12. The van der Waals surface area contributed by atoms with Gasteiger partial charge in [0.1, 0.15) is 22.9 Å². The maximum absolute atomic E-state index is 12.1. The topological polar surface area (TPSA) is 105 Å². The van der Waals surface area contributed by atoms with Crippen LogP contribution < -0.4 is 24.3 Å². The molecule has 0 atom stereocenters. The predicted octanol–water partition coefficient (Wildman–Crippen LogP) is 3.69. The van der Waals surface area contributed by atoms with Crippen molar-refractivity contribution in [2.24, 2.45) is 0 Å². The number of thioether (sulfide) groups is 1. The molecule has 0 aliphatic carbocycles. The molecular formula is C23H26N2O7S. The summed E-state index contributed by atoms with van der Waals surface area (Å²) in [4.78, 5) is 27.4. The Hall–Kier alpha value is -3.66. The van der Waals surface area contributed by atoms with Crippen molar-refractivity contribution in [3.8, 4) is 23.1 Å². The summed E-state index contributed by atoms with van der Waals surface area (Å²) in [5.41, 5.74) is 2.02. The highest BCUT2D eigenvalue weighted by molar-refractivity contribution is 8.01. The van der Waals surface area contributed by atoms with Crippen LogP contribution in [-0.4, -0.2) is 52.4 Å². The molecule has 1 aromatic carbocycles. The summed E-state index contributed by atoms with van der Waals surface area (Å²) in [5, 5.41) is 4.56. The molecule has 0 radical (unpaired) electrons. The fourth-order valence-corrected chi connectivity index (χ4v) is 3.35. The summed E-state index contributed by atoms with van der Waals surface area (Å²) in [6.45, 7) is 0. The standard InChI is InChI=1S/C23H26N2O7S/c1-28-16-11-19(29-2)17(20(12-16)30-3)8-9-33-14-15-10-18(23(32-5)24-13-15)25-21(26)6-7-22(27)31-4/h6-13H,14H2,1-5H3,(H,25,26)/b7-6-,9-8+. The van der Waals surface area contributed by atoms with Crippen LogP contribution in [0.1, 0.15) is 11.1 Å². The molecule has 0 spiro atoms. The highest BCUT2D eigenvalue weighted by Crippen LogP contribution is 2.35. The van der Waals surface area contributed by atoms with Gasteiger partial charge in [-0.1, -0.05) is 0 Å². The van der Waals surface area contributed by atoms with Crippen molar-refractivity contribution in [3.63, 3.8) is 0 Å². The van der Waals surface area contributed by atoms with E-state index in [0.717, 1.165) is 23.3 Å². The van der Waals surface area contributed by atoms with Gasteiger partial charge < -0.3 is 29.0 Å². The Bertz CT molecular complexity index is 1010. The molecule has 176 valence electrons. The molecule has 33 heavy (non-hydrogen) atoms. The fourth-order valence-electron chi connectivity index (χ4n) is 2.67. The van der Waals surface area contributed by atoms with Crippen molar-refractivity contribution < 1.29 is 33.3 Å². The molecular weight excluding hydrogens is 448 g/mol. The van der Waals surface area contributed by atoms with Crippen molar-refractivity contribution >= 4 is 35.4 Å². The molecule has 2 aromatic rings. The van der Waals surface area contributed by atoms with Crippen molar-refractivity contribution in [1.82, 2.24) is 4.98 Å². The lowest BCUT2D eigenvalue weighted by atomic mass is 10.1. The maximum atomic E-state index is 12.1. The lowest BCUT2D eigenvalue weighted by Crippen LogP contribution is -2.11. The van der Waals surface area contributed by atoms with Crippen LogP contribution in [0.5, 0.6) is 23.1 Å². The van der Waals surface area contributed by atoms with Gasteiger partial charge in [-0.05, 0) is 23.1 Å². The molecule has 1 N–H and O–H groups in total. The van der Waals surface area contributed by atoms with Gasteiger partial charge in [-0.3, -0.25) is 4.79 Å². The van der Waals surface area contributed by atoms with Gasteiger partial charge in [-0.25, -0.2) is 9.78 Å². The first-order chi connectivity index (χ1) is 15.9. The van der Waals surface area contributed by atoms with E-state index < -0.39 is 11.9 Å². The number of aromatic nitrogens is 1. The van der Waals surface area contributed by atoms with Crippen molar-refractivity contribution in [3.05, 3.63) is 53.1 Å². The maximum Gasteiger partial charge on any atom is 0.330 e. The van der Waals surface area contributed by atoms with E-state index in [9.17, 15) is 9.59 Å². The van der Waals surface area contributed by atoms with E-state index in [1.54, 1.807) is 45.7 Å². The SMILES string of the molecule is COC(=O)/C=C\C(=O)Nc1cc(CS/C=C/c2c(OC)cc(OC)cc2OC)cnc1OC. The predicted molar refractivity (Wildman–Crippen MR) is 127 cm³/mol. The van der Waals surface area contributed by atoms with Crippen LogP contribution in [0.15, 0.2) is 42.0 Å². The second-order valence-corrected chi connectivity index (χ2v) is 7.20. The highest BCUT2D eigenvalue weighted by Gasteiger charge is 2.11. The number of carbonyl (C=O) groups excluding carboxylic acids is 2. The van der Waals surface area contributed by atoms with Crippen LogP contribution in [0.3, 0.4) is 0 Å². The molecule has 0 bridgehead atoms. The van der Waals surface area contributed by atoms with Crippen molar-refractivity contribution in [1.29, 1.82) is 0 Å². The van der Waals surface area contributed by atoms with E-state index in [0.29, 0.717) is 28.7 Å². The molecule has 0 unspecified atom stereocenters. The summed E-state index contributed by atoms with van der Waals surface area (Å²) in [5.74, 6) is 1.58. The quantitative estimate of drug-likeness (QED) is 0.386. The monoisotopic (exact) mass is 474 g/mol. The van der Waals surface area contributed by atoms with E-state index in [4.69, 9.17) is 18.9 Å². The first-order valence-electron chi connectivity index (χ1n) is 9.63. The highest BCUT2D eigenvalue weighted by atomic mass is 32.2. The number of pyridine rings is 1. The van der Waals surface area contributed by atoms with Crippen LogP contribution >= 0.6 is 11.8 Å². The van der Waals surface area contributed by atoms with Gasteiger partial charge in [0.25, 0.3) is 0 Å². The summed E-state index contributed by atoms with van der Waals surface area (Å²) >= 11 is 1.52. The van der Waals surface area contributed by atoms with Crippen LogP contribution in [0.4, 0.5) is 5.69 Å². The Balaban J connectivity index is 2.11. The number of nitrogens with one attached hydrogen (secondary N) is 1. The third kappa shape index (κ3) is 7.46. The van der Waals surface area contributed by atoms with Crippen LogP contribution in [-0.2, 0) is 20.1 Å². The summed E-state index contributed by atoms with van der Waals surface area (Å²) in [6.07, 6.45) is 5.65. The van der Waals surface area contributed by atoms with Gasteiger partial charge in [-0.2, -0.15) is 0 Å². The zero-order valence-corrected chi connectivity index (χ0v) is 19.9. The molecule has 1 aromatic heterocycles. The molecule has 9 nitrogen and oxygen atoms in total. The Morgan fingerprint density at radius 1 is 0.970 bits per heavy atom. The number of methoxy groups -OCH3 is 5. The Morgan fingerprint density at radius 3 is 2.24 bits per heavy atom. The van der Waals surface area contributed by atoms with Gasteiger partial charge in [0, 0.05) is 36.2 Å². The normalized spacial score (nSPS) is 10.8. The molecule has 0 saturated carbocycles. The van der Waals surface area contributed by atoms with Gasteiger partial charge in [0.2, 0.25) is 11.8 Å². The number of esters is 1. The van der Waals surface area contributed by atoms with E-state index in [-0.39, 0.29) is 5.88 Å². The van der Waals surface area contributed by atoms with E-state index >= 15 is 0 Å². The smallest absolute Gasteiger partial charge is 0.330 e. The molecule has 1 heterocycles. The number of nitrogens with zero attached hydrogens (tertiary/aromatic N) is 1. The van der Waals surface area contributed by atoms with Gasteiger partial charge in [0.05, 0.1) is 41.1 Å². The first-order valence-corrected chi connectivity index (χ1v) is 10.7. The average Bonchev–Trinajstić information content (AvgIpc) is 2.84. The third-order valence-corrected chi connectivity index (χ3v) is 5.09. The number of rotatable bonds is 11. The average molecular weight is 475 g/mol. The van der Waals surface area contributed by atoms with Crippen LogP contribution in [0.2, 0.25) is 0 Å². The molecule has 1 amide bonds. The second kappa shape index (κ2) is 13.0. The molecule has 0 fully saturated rings. The number of hydrogen-bond donors (Lipinski definition) is 1. The number of anilines is 1. The Labute approximate surface area is 196 Å². The first kappa shape index (κ1) is 25.6. The molecule has 0 saturated heterocycles. The summed E-state index contributed by atoms with van der Waals surface area (Å²) in [6, 6.07) is 5.32. The van der Waals surface area contributed by atoms with Gasteiger partial charge in [0.15, 0.2) is 0 Å². The van der Waals surface area contributed by atoms with E-state index in [2.05, 4.69) is 15.0 Å². The molecule has 0 aliphatic rings. The number of amides is 1. The molecule has 0 aliphatic heterocycles. The molecule has 2 rings (SSSR count). The van der Waals surface area contributed by atoms with Crippen LogP contribution in [0.25, 0.3) is 6.08 Å². The number of carbonyl (C=O) groups is 2. The largest absolute Gasteiger partial charge is 0.496 e. The van der Waals surface area contributed by atoms with E-state index in [1.807, 2.05) is 11.5 Å². The minimum atomic E-state index is -0.628. The van der Waals surface area contributed by atoms with Crippen LogP contribution in [0, 0.1) is 0 Å². The zero-order valence-electron chi connectivity index (χ0n) is 19.0.